The minimum Gasteiger partial charge on any atom is -0.475 e. The number of carboxylic acid groups (broad SMARTS) is 1. The summed E-state index contributed by atoms with van der Waals surface area (Å²) < 4.78 is 5.20. The molecule has 0 aliphatic carbocycles. The first-order valence-corrected chi connectivity index (χ1v) is 6.17. The van der Waals surface area contributed by atoms with Crippen LogP contribution >= 0.6 is 0 Å². The van der Waals surface area contributed by atoms with Crippen molar-refractivity contribution < 1.29 is 19.1 Å². The SMILES string of the molecule is O=C(O)c1cc2cc(CN3CCCC3=O)ccc2o1. The van der Waals surface area contributed by atoms with E-state index < -0.39 is 5.97 Å². The highest BCUT2D eigenvalue weighted by atomic mass is 16.4. The summed E-state index contributed by atoms with van der Waals surface area (Å²) in [5, 5.41) is 9.62. The summed E-state index contributed by atoms with van der Waals surface area (Å²) in [5.74, 6) is -0.963. The van der Waals surface area contributed by atoms with E-state index in [0.29, 0.717) is 18.5 Å². The lowest BCUT2D eigenvalue weighted by Gasteiger charge is -2.15. The standard InChI is InChI=1S/C14H13NO4/c16-13-2-1-5-15(13)8-9-3-4-11-10(6-9)7-12(19-11)14(17)18/h3-4,6-7H,1-2,5,8H2,(H,17,18). The zero-order chi connectivity index (χ0) is 13.4. The highest BCUT2D eigenvalue weighted by molar-refractivity contribution is 5.91. The Morgan fingerprint density at radius 3 is 2.89 bits per heavy atom. The van der Waals surface area contributed by atoms with Crippen LogP contribution in [0.5, 0.6) is 0 Å². The Kier molecular flexibility index (Phi) is 2.74. The zero-order valence-corrected chi connectivity index (χ0v) is 10.3. The van der Waals surface area contributed by atoms with Gasteiger partial charge in [0.1, 0.15) is 5.58 Å². The van der Waals surface area contributed by atoms with E-state index in [1.54, 1.807) is 6.07 Å². The molecule has 0 unspecified atom stereocenters. The first-order valence-electron chi connectivity index (χ1n) is 6.17. The molecule has 1 fully saturated rings. The molecule has 0 bridgehead atoms. The Hall–Kier alpha value is -2.30. The molecule has 5 heteroatoms. The van der Waals surface area contributed by atoms with E-state index in [1.807, 2.05) is 17.0 Å². The maximum Gasteiger partial charge on any atom is 0.371 e. The third-order valence-electron chi connectivity index (χ3n) is 3.34. The fourth-order valence-corrected chi connectivity index (χ4v) is 2.39. The number of rotatable bonds is 3. The van der Waals surface area contributed by atoms with Crippen molar-refractivity contribution in [2.75, 3.05) is 6.54 Å². The van der Waals surface area contributed by atoms with Gasteiger partial charge < -0.3 is 14.4 Å². The van der Waals surface area contributed by atoms with Gasteiger partial charge in [0.25, 0.3) is 0 Å². The first-order chi connectivity index (χ1) is 9.13. The predicted molar refractivity (Wildman–Crippen MR) is 67.8 cm³/mol. The number of likely N-dealkylation sites (tertiary alicyclic amines) is 1. The van der Waals surface area contributed by atoms with Crippen LogP contribution < -0.4 is 0 Å². The summed E-state index contributed by atoms with van der Waals surface area (Å²) in [6, 6.07) is 6.99. The van der Waals surface area contributed by atoms with E-state index in [0.717, 1.165) is 23.9 Å². The van der Waals surface area contributed by atoms with E-state index in [9.17, 15) is 9.59 Å². The van der Waals surface area contributed by atoms with Crippen LogP contribution in [0.4, 0.5) is 0 Å². The van der Waals surface area contributed by atoms with Crippen LogP contribution in [0.2, 0.25) is 0 Å². The number of furan rings is 1. The molecule has 1 saturated heterocycles. The quantitative estimate of drug-likeness (QED) is 0.917. The summed E-state index contributed by atoms with van der Waals surface area (Å²) in [6.07, 6.45) is 1.53. The molecule has 1 aliphatic heterocycles. The number of hydrogen-bond acceptors (Lipinski definition) is 3. The lowest BCUT2D eigenvalue weighted by molar-refractivity contribution is -0.128. The van der Waals surface area contributed by atoms with Crippen molar-refractivity contribution in [2.24, 2.45) is 0 Å². The van der Waals surface area contributed by atoms with Crippen molar-refractivity contribution in [3.8, 4) is 0 Å². The highest BCUT2D eigenvalue weighted by Crippen LogP contribution is 2.22. The van der Waals surface area contributed by atoms with Crippen molar-refractivity contribution in [1.82, 2.24) is 4.90 Å². The molecule has 1 N–H and O–H groups in total. The molecule has 0 spiro atoms. The molecular formula is C14H13NO4. The lowest BCUT2D eigenvalue weighted by atomic mass is 10.1. The minimum atomic E-state index is -1.08. The molecular weight excluding hydrogens is 246 g/mol. The van der Waals surface area contributed by atoms with Crippen LogP contribution in [0.15, 0.2) is 28.7 Å². The van der Waals surface area contributed by atoms with Crippen LogP contribution in [0.3, 0.4) is 0 Å². The molecule has 0 saturated carbocycles. The molecule has 0 radical (unpaired) electrons. The largest absolute Gasteiger partial charge is 0.475 e. The second-order valence-electron chi connectivity index (χ2n) is 4.71. The normalized spacial score (nSPS) is 15.4. The smallest absolute Gasteiger partial charge is 0.371 e. The molecule has 1 aliphatic rings. The van der Waals surface area contributed by atoms with Crippen molar-refractivity contribution in [2.45, 2.75) is 19.4 Å². The molecule has 1 aromatic heterocycles. The molecule has 1 amide bonds. The highest BCUT2D eigenvalue weighted by Gasteiger charge is 2.20. The van der Waals surface area contributed by atoms with Crippen molar-refractivity contribution >= 4 is 22.8 Å². The third-order valence-corrected chi connectivity index (χ3v) is 3.34. The van der Waals surface area contributed by atoms with Gasteiger partial charge in [-0.25, -0.2) is 4.79 Å². The fraction of sp³-hybridized carbons (Fsp3) is 0.286. The van der Waals surface area contributed by atoms with E-state index in [1.165, 1.54) is 6.07 Å². The van der Waals surface area contributed by atoms with E-state index in [2.05, 4.69) is 0 Å². The molecule has 3 rings (SSSR count). The van der Waals surface area contributed by atoms with Crippen molar-refractivity contribution in [3.05, 3.63) is 35.6 Å². The number of carbonyl (C=O) groups is 2. The summed E-state index contributed by atoms with van der Waals surface area (Å²) in [5.41, 5.74) is 1.54. The van der Waals surface area contributed by atoms with Crippen LogP contribution in [0.1, 0.15) is 29.0 Å². The van der Waals surface area contributed by atoms with E-state index >= 15 is 0 Å². The van der Waals surface area contributed by atoms with Gasteiger partial charge in [-0.1, -0.05) is 6.07 Å². The van der Waals surface area contributed by atoms with Crippen LogP contribution in [-0.2, 0) is 11.3 Å². The average Bonchev–Trinajstić information content (AvgIpc) is 2.96. The monoisotopic (exact) mass is 259 g/mol. The zero-order valence-electron chi connectivity index (χ0n) is 10.3. The Morgan fingerprint density at radius 1 is 1.37 bits per heavy atom. The van der Waals surface area contributed by atoms with Gasteiger partial charge in [0.05, 0.1) is 0 Å². The maximum atomic E-state index is 11.6. The summed E-state index contributed by atoms with van der Waals surface area (Å²) in [7, 11) is 0. The van der Waals surface area contributed by atoms with Gasteiger partial charge >= 0.3 is 5.97 Å². The lowest BCUT2D eigenvalue weighted by Crippen LogP contribution is -2.23. The first kappa shape index (κ1) is 11.8. The second kappa shape index (κ2) is 4.42. The summed E-state index contributed by atoms with van der Waals surface area (Å²) in [6.45, 7) is 1.37. The molecule has 1 aromatic carbocycles. The summed E-state index contributed by atoms with van der Waals surface area (Å²) in [4.78, 5) is 24.2. The molecule has 98 valence electrons. The van der Waals surface area contributed by atoms with Gasteiger partial charge in [-0.15, -0.1) is 0 Å². The van der Waals surface area contributed by atoms with E-state index in [-0.39, 0.29) is 11.7 Å². The Balaban J connectivity index is 1.88. The number of carboxylic acids is 1. The topological polar surface area (TPSA) is 70.8 Å². The Labute approximate surface area is 109 Å². The number of amides is 1. The van der Waals surface area contributed by atoms with Gasteiger partial charge in [0.15, 0.2) is 0 Å². The average molecular weight is 259 g/mol. The number of hydrogen-bond donors (Lipinski definition) is 1. The van der Waals surface area contributed by atoms with Gasteiger partial charge in [0, 0.05) is 24.9 Å². The number of fused-ring (bicyclic) bond motifs is 1. The molecule has 2 aromatic rings. The number of aromatic carboxylic acids is 1. The maximum absolute atomic E-state index is 11.6. The predicted octanol–water partition coefficient (Wildman–Crippen LogP) is 2.25. The van der Waals surface area contributed by atoms with Gasteiger partial charge in [-0.3, -0.25) is 4.79 Å². The number of nitrogens with zero attached hydrogens (tertiary/aromatic N) is 1. The van der Waals surface area contributed by atoms with Crippen molar-refractivity contribution in [1.29, 1.82) is 0 Å². The minimum absolute atomic E-state index is 0.0654. The van der Waals surface area contributed by atoms with E-state index in [4.69, 9.17) is 9.52 Å². The second-order valence-corrected chi connectivity index (χ2v) is 4.71. The van der Waals surface area contributed by atoms with Gasteiger partial charge in [-0.05, 0) is 30.2 Å². The van der Waals surface area contributed by atoms with Crippen LogP contribution in [0.25, 0.3) is 11.0 Å². The molecule has 2 heterocycles. The Morgan fingerprint density at radius 2 is 2.21 bits per heavy atom. The third kappa shape index (κ3) is 2.19. The molecule has 0 atom stereocenters. The van der Waals surface area contributed by atoms with Gasteiger partial charge in [-0.2, -0.15) is 0 Å². The number of carbonyl (C=O) groups excluding carboxylic acids is 1. The van der Waals surface area contributed by atoms with Crippen LogP contribution in [0, 0.1) is 0 Å². The molecule has 5 nitrogen and oxygen atoms in total. The van der Waals surface area contributed by atoms with Crippen LogP contribution in [-0.4, -0.2) is 28.4 Å². The van der Waals surface area contributed by atoms with Gasteiger partial charge in [0.2, 0.25) is 11.7 Å². The Bertz CT molecular complexity index is 659. The summed E-state index contributed by atoms with van der Waals surface area (Å²) >= 11 is 0. The fourth-order valence-electron chi connectivity index (χ4n) is 2.39. The van der Waals surface area contributed by atoms with Crippen molar-refractivity contribution in [3.63, 3.8) is 0 Å². The molecule has 19 heavy (non-hydrogen) atoms. The number of benzene rings is 1.